The van der Waals surface area contributed by atoms with E-state index in [0.717, 1.165) is 50.1 Å². The van der Waals surface area contributed by atoms with Crippen LogP contribution in [0, 0.1) is 77.0 Å². The van der Waals surface area contributed by atoms with Crippen LogP contribution in [0.4, 0.5) is 14.4 Å². The molecule has 0 radical (unpaired) electrons. The summed E-state index contributed by atoms with van der Waals surface area (Å²) in [5.74, 6) is -1.02. The van der Waals surface area contributed by atoms with Gasteiger partial charge in [0, 0.05) is 73.7 Å². The van der Waals surface area contributed by atoms with Gasteiger partial charge in [-0.25, -0.2) is 28.8 Å². The van der Waals surface area contributed by atoms with Gasteiger partial charge in [-0.15, -0.1) is 0 Å². The zero-order valence-electron chi connectivity index (χ0n) is 68.5. The van der Waals surface area contributed by atoms with E-state index < -0.39 is 53.0 Å². The van der Waals surface area contributed by atoms with Crippen molar-refractivity contribution in [3.05, 3.63) is 285 Å². The van der Waals surface area contributed by atoms with Crippen molar-refractivity contribution in [1.82, 2.24) is 14.7 Å². The Morgan fingerprint density at radius 1 is 0.308 bits per heavy atom. The minimum Gasteiger partial charge on any atom is -0.478 e. The molecule has 0 aliphatic carbocycles. The van der Waals surface area contributed by atoms with Crippen LogP contribution < -0.4 is 28.4 Å². The summed E-state index contributed by atoms with van der Waals surface area (Å²) in [5, 5.41) is 28.4. The molecule has 0 spiro atoms. The van der Waals surface area contributed by atoms with Crippen LogP contribution in [0.15, 0.2) is 218 Å². The zero-order chi connectivity index (χ0) is 84.5. The topological polar surface area (TPSA) is 279 Å². The second-order valence-corrected chi connectivity index (χ2v) is 32.1. The van der Waals surface area contributed by atoms with E-state index in [1.54, 1.807) is 87.5 Å². The summed E-state index contributed by atoms with van der Waals surface area (Å²) in [5.41, 5.74) is 6.24. The second-order valence-electron chi connectivity index (χ2n) is 32.1. The van der Waals surface area contributed by atoms with E-state index in [9.17, 15) is 58.5 Å². The molecule has 0 bridgehead atoms. The van der Waals surface area contributed by atoms with Gasteiger partial charge in [0.2, 0.25) is 0 Å². The van der Waals surface area contributed by atoms with Crippen molar-refractivity contribution in [1.29, 1.82) is 0 Å². The Morgan fingerprint density at radius 3 is 0.701 bits per heavy atom. The number of aryl methyl sites for hydroxylation is 9. The molecular formula is C96H105N3O18. The van der Waals surface area contributed by atoms with Gasteiger partial charge in [0.25, 0.3) is 0 Å². The molecule has 117 heavy (non-hydrogen) atoms. The molecule has 9 aromatic rings. The molecule has 21 heteroatoms. The molecule has 3 aliphatic heterocycles. The second kappa shape index (κ2) is 38.8. The lowest BCUT2D eigenvalue weighted by Crippen LogP contribution is -2.38. The number of amides is 3. The number of hydrogen-bond donors (Lipinski definition) is 3. The van der Waals surface area contributed by atoms with Crippen molar-refractivity contribution in [2.24, 2.45) is 35.5 Å². The Bertz CT molecular complexity index is 4430. The molecular weight excluding hydrogens is 1480 g/mol. The molecule has 21 nitrogen and oxygen atoms in total. The number of carboxylic acids is 3. The first-order valence-corrected chi connectivity index (χ1v) is 39.6. The number of likely N-dealkylation sites (tertiary alicyclic amines) is 3. The number of carboxylic acid groups (broad SMARTS) is 3. The number of ketones is 3. The van der Waals surface area contributed by atoms with Crippen LogP contribution in [0.25, 0.3) is 0 Å². The summed E-state index contributed by atoms with van der Waals surface area (Å²) in [6, 6.07) is 66.4. The van der Waals surface area contributed by atoms with Gasteiger partial charge in [-0.3, -0.25) is 14.4 Å². The highest BCUT2D eigenvalue weighted by Gasteiger charge is 2.44. The van der Waals surface area contributed by atoms with Crippen molar-refractivity contribution in [3.8, 4) is 34.5 Å². The quantitative estimate of drug-likeness (QED) is 0.0403. The fourth-order valence-electron chi connectivity index (χ4n) is 15.2. The highest BCUT2D eigenvalue weighted by atomic mass is 16.6. The van der Waals surface area contributed by atoms with Gasteiger partial charge in [0.1, 0.15) is 34.5 Å². The molecule has 612 valence electrons. The highest BCUT2D eigenvalue weighted by Crippen LogP contribution is 2.39. The van der Waals surface area contributed by atoms with Crippen molar-refractivity contribution in [2.75, 3.05) is 39.3 Å². The van der Waals surface area contributed by atoms with Crippen molar-refractivity contribution in [2.45, 2.75) is 138 Å². The number of nitrogens with zero attached hydrogens (tertiary/aromatic N) is 3. The lowest BCUT2D eigenvalue weighted by atomic mass is 9.84. The maximum atomic E-state index is 13.5. The third-order valence-electron chi connectivity index (χ3n) is 21.7. The number of carbonyl (C=O) groups excluding carboxylic acids is 6. The van der Waals surface area contributed by atoms with Crippen LogP contribution in [0.2, 0.25) is 0 Å². The van der Waals surface area contributed by atoms with Gasteiger partial charge in [0.15, 0.2) is 34.2 Å². The zero-order valence-corrected chi connectivity index (χ0v) is 68.5. The van der Waals surface area contributed by atoms with Crippen LogP contribution in [0.3, 0.4) is 0 Å². The summed E-state index contributed by atoms with van der Waals surface area (Å²) in [4.78, 5) is 119. The molecule has 0 aromatic heterocycles. The van der Waals surface area contributed by atoms with Gasteiger partial charge in [0.05, 0.1) is 0 Å². The van der Waals surface area contributed by atoms with E-state index in [4.69, 9.17) is 28.4 Å². The van der Waals surface area contributed by atoms with E-state index in [-0.39, 0.29) is 52.9 Å². The number of carbonyl (C=O) groups is 9. The van der Waals surface area contributed by atoms with Crippen molar-refractivity contribution in [3.63, 3.8) is 0 Å². The fourth-order valence-corrected chi connectivity index (χ4v) is 15.2. The van der Waals surface area contributed by atoms with Crippen molar-refractivity contribution >= 4 is 53.5 Å². The molecule has 6 atom stereocenters. The third kappa shape index (κ3) is 23.0. The first-order chi connectivity index (χ1) is 55.6. The Balaban J connectivity index is 0.000000185. The average Bonchev–Trinajstić information content (AvgIpc) is 1.74. The maximum absolute atomic E-state index is 13.5. The number of benzene rings is 9. The van der Waals surface area contributed by atoms with Gasteiger partial charge < -0.3 is 58.4 Å². The molecule has 0 saturated carbocycles. The summed E-state index contributed by atoms with van der Waals surface area (Å²) >= 11 is 0. The van der Waals surface area contributed by atoms with E-state index in [0.29, 0.717) is 129 Å². The van der Waals surface area contributed by atoms with Gasteiger partial charge >= 0.3 is 36.2 Å². The lowest BCUT2D eigenvalue weighted by Gasteiger charge is -2.25. The van der Waals surface area contributed by atoms with Crippen molar-refractivity contribution < 1.29 is 86.9 Å². The Labute approximate surface area is 684 Å². The number of ether oxygens (including phenoxy) is 6. The largest absolute Gasteiger partial charge is 0.478 e. The molecule has 3 fully saturated rings. The van der Waals surface area contributed by atoms with Crippen LogP contribution in [-0.4, -0.2) is 140 Å². The van der Waals surface area contributed by atoms with E-state index in [2.05, 4.69) is 0 Å². The Kier molecular flexibility index (Phi) is 28.9. The van der Waals surface area contributed by atoms with Crippen LogP contribution in [0.5, 0.6) is 34.5 Å². The molecule has 3 heterocycles. The first kappa shape index (κ1) is 87.0. The molecule has 3 aliphatic rings. The minimum absolute atomic E-state index is 0.0302. The van der Waals surface area contributed by atoms with Gasteiger partial charge in [-0.2, -0.15) is 0 Å². The van der Waals surface area contributed by atoms with Crippen LogP contribution in [-0.2, 0) is 33.6 Å². The summed E-state index contributed by atoms with van der Waals surface area (Å²) in [6.07, 6.45) is 2.87. The Morgan fingerprint density at radius 2 is 0.504 bits per heavy atom. The molecule has 9 aromatic carbocycles. The van der Waals surface area contributed by atoms with Gasteiger partial charge in [-0.05, 0) is 226 Å². The summed E-state index contributed by atoms with van der Waals surface area (Å²) < 4.78 is 34.2. The summed E-state index contributed by atoms with van der Waals surface area (Å²) in [6.45, 7) is 22.8. The van der Waals surface area contributed by atoms with Crippen LogP contribution in [0.1, 0.15) is 142 Å². The molecule has 0 unspecified atom stereocenters. The number of aliphatic carboxylic acids is 3. The normalized spacial score (nSPS) is 17.1. The predicted molar refractivity (Wildman–Crippen MR) is 445 cm³/mol. The molecule has 12 rings (SSSR count). The predicted octanol–water partition coefficient (Wildman–Crippen LogP) is 18.3. The molecule has 3 N–H and O–H groups in total. The monoisotopic (exact) mass is 1590 g/mol. The molecule has 3 saturated heterocycles. The number of hydrogen-bond acceptors (Lipinski definition) is 15. The number of rotatable bonds is 27. The average molecular weight is 1590 g/mol. The van der Waals surface area contributed by atoms with Gasteiger partial charge in [-0.1, -0.05) is 182 Å². The van der Waals surface area contributed by atoms with E-state index in [1.165, 1.54) is 41.5 Å². The molecule has 3 amide bonds. The third-order valence-corrected chi connectivity index (χ3v) is 21.7. The minimum atomic E-state index is -1.34. The highest BCUT2D eigenvalue weighted by molar-refractivity contribution is 6.00. The lowest BCUT2D eigenvalue weighted by molar-refractivity contribution is -0.152. The SMILES string of the molecule is Cc1cc(CC[C@@H]2CN(C(=O)Oc3ccccc3)C[C@H]2C(=O)c2ccccc2)cc(C)c1OC(C)(C)C(=O)O.Cc1cc(CC[C@H]2CN(C(=O)Oc3ccccc3)C[C@@H]2C(=O)c2ccccc2)cc(C)c1OC(C)(C)C(=O)O.Cc1cc(CC[C@H]2CN(C(=O)Oc3ccccc3)C[C@@H]2C(=O)c2ccccc2)cc(C)c1OC(C)(C)C(=O)O. The number of Topliss-reactive ketones (excluding diaryl/α,β-unsaturated/α-hetero) is 3. The van der Waals surface area contributed by atoms with Crippen LogP contribution >= 0.6 is 0 Å². The summed E-state index contributed by atoms with van der Waals surface area (Å²) in [7, 11) is 0. The number of para-hydroxylation sites is 3. The maximum Gasteiger partial charge on any atom is 0.415 e. The Hall–Kier alpha value is -12.4. The standard InChI is InChI=1S/3C32H35NO6/c3*1-21-17-23(18-22(2)29(21)39-32(3,4)30(35)36)15-16-25-19-33(31(37)38-26-13-9-6-10-14-26)20-27(25)28(34)24-11-7-5-8-12-24/h3*5-14,17-18,25,27H,15-16,19-20H2,1-4H3,(H,35,36)/t3*25-,27-/m100/s1. The van der Waals surface area contributed by atoms with E-state index >= 15 is 0 Å². The van der Waals surface area contributed by atoms with E-state index in [1.807, 2.05) is 187 Å². The smallest absolute Gasteiger partial charge is 0.415 e. The first-order valence-electron chi connectivity index (χ1n) is 39.6. The fraction of sp³-hybridized carbons (Fsp3) is 0.344.